The molecule has 0 bridgehead atoms. The number of carbonyl (C=O) groups excluding carboxylic acids is 1. The summed E-state index contributed by atoms with van der Waals surface area (Å²) in [5, 5.41) is 18.2. The Kier molecular flexibility index (Phi) is 4.27. The third-order valence-electron chi connectivity index (χ3n) is 2.85. The molecule has 21 heavy (non-hydrogen) atoms. The predicted octanol–water partition coefficient (Wildman–Crippen LogP) is 1.02. The highest BCUT2D eigenvalue weighted by molar-refractivity contribution is 5.84. The third kappa shape index (κ3) is 3.85. The van der Waals surface area contributed by atoms with Crippen LogP contribution in [0.3, 0.4) is 0 Å². The van der Waals surface area contributed by atoms with E-state index in [9.17, 15) is 9.59 Å². The van der Waals surface area contributed by atoms with Crippen molar-refractivity contribution in [2.75, 3.05) is 0 Å². The van der Waals surface area contributed by atoms with Crippen LogP contribution in [0.4, 0.5) is 4.79 Å². The number of rotatable bonds is 5. The van der Waals surface area contributed by atoms with Gasteiger partial charge >= 0.3 is 12.0 Å². The van der Waals surface area contributed by atoms with Gasteiger partial charge in [-0.3, -0.25) is 4.68 Å². The third-order valence-corrected chi connectivity index (χ3v) is 2.85. The maximum absolute atomic E-state index is 11.6. The lowest BCUT2D eigenvalue weighted by Gasteiger charge is -2.05. The Morgan fingerprint density at radius 2 is 2.05 bits per heavy atom. The zero-order valence-corrected chi connectivity index (χ0v) is 11.7. The first-order valence-corrected chi connectivity index (χ1v) is 6.28. The number of nitrogens with zero attached hydrogens (tertiary/aromatic N) is 2. The van der Waals surface area contributed by atoms with Crippen molar-refractivity contribution in [3.05, 3.63) is 41.1 Å². The number of aromatic carboxylic acids is 1. The van der Waals surface area contributed by atoms with Crippen LogP contribution in [0.1, 0.15) is 27.6 Å². The number of furan rings is 1. The summed E-state index contributed by atoms with van der Waals surface area (Å²) < 4.78 is 6.71. The second-order valence-corrected chi connectivity index (χ2v) is 4.52. The second kappa shape index (κ2) is 6.12. The van der Waals surface area contributed by atoms with E-state index in [0.29, 0.717) is 12.3 Å². The molecule has 3 N–H and O–H groups in total. The lowest BCUT2D eigenvalue weighted by molar-refractivity contribution is 0.0660. The topological polar surface area (TPSA) is 109 Å². The number of carboxylic acids is 1. The van der Waals surface area contributed by atoms with Crippen molar-refractivity contribution in [1.82, 2.24) is 20.4 Å². The largest absolute Gasteiger partial charge is 0.475 e. The van der Waals surface area contributed by atoms with Crippen molar-refractivity contribution in [3.63, 3.8) is 0 Å². The summed E-state index contributed by atoms with van der Waals surface area (Å²) in [5.41, 5.74) is 1.79. The van der Waals surface area contributed by atoms with Crippen LogP contribution in [0.25, 0.3) is 0 Å². The molecule has 2 amide bonds. The minimum atomic E-state index is -1.14. The van der Waals surface area contributed by atoms with Crippen LogP contribution in [0, 0.1) is 6.92 Å². The minimum absolute atomic E-state index is 0.116. The number of carboxylic acid groups (broad SMARTS) is 1. The Hall–Kier alpha value is -2.77. The molecular formula is C13H16N4O4. The molecule has 112 valence electrons. The summed E-state index contributed by atoms with van der Waals surface area (Å²) >= 11 is 0. The highest BCUT2D eigenvalue weighted by atomic mass is 16.4. The molecule has 0 aromatic carbocycles. The number of aromatic nitrogens is 2. The molecule has 0 aliphatic rings. The molecule has 2 aromatic rings. The minimum Gasteiger partial charge on any atom is -0.475 e. The fourth-order valence-electron chi connectivity index (χ4n) is 1.82. The van der Waals surface area contributed by atoms with Crippen LogP contribution in [0.5, 0.6) is 0 Å². The molecule has 8 nitrogen and oxygen atoms in total. The summed E-state index contributed by atoms with van der Waals surface area (Å²) in [6.07, 6.45) is 1.83. The normalized spacial score (nSPS) is 10.4. The van der Waals surface area contributed by atoms with Gasteiger partial charge in [0, 0.05) is 25.4 Å². The molecule has 0 unspecified atom stereocenters. The Bertz CT molecular complexity index is 659. The smallest absolute Gasteiger partial charge is 0.371 e. The molecule has 0 radical (unpaired) electrons. The molecule has 0 aliphatic heterocycles. The maximum Gasteiger partial charge on any atom is 0.371 e. The summed E-state index contributed by atoms with van der Waals surface area (Å²) in [4.78, 5) is 22.3. The first kappa shape index (κ1) is 14.6. The van der Waals surface area contributed by atoms with E-state index in [-0.39, 0.29) is 18.3 Å². The number of nitrogens with one attached hydrogen (secondary N) is 2. The molecule has 0 spiro atoms. The maximum atomic E-state index is 11.6. The lowest BCUT2D eigenvalue weighted by atomic mass is 10.3. The molecule has 2 aromatic heterocycles. The number of carbonyl (C=O) groups is 2. The van der Waals surface area contributed by atoms with Crippen molar-refractivity contribution in [2.45, 2.75) is 20.0 Å². The van der Waals surface area contributed by atoms with E-state index >= 15 is 0 Å². The lowest BCUT2D eigenvalue weighted by Crippen LogP contribution is -2.34. The highest BCUT2D eigenvalue weighted by Gasteiger charge is 2.10. The van der Waals surface area contributed by atoms with Crippen LogP contribution in [0.2, 0.25) is 0 Å². The summed E-state index contributed by atoms with van der Waals surface area (Å²) in [5.74, 6) is -0.920. The summed E-state index contributed by atoms with van der Waals surface area (Å²) in [6, 6.07) is 2.48. The van der Waals surface area contributed by atoms with Gasteiger partial charge in [-0.15, -0.1) is 0 Å². The van der Waals surface area contributed by atoms with Gasteiger partial charge in [-0.1, -0.05) is 0 Å². The molecule has 0 saturated heterocycles. The number of amides is 2. The van der Waals surface area contributed by atoms with Crippen molar-refractivity contribution >= 4 is 12.0 Å². The van der Waals surface area contributed by atoms with E-state index in [1.54, 1.807) is 4.68 Å². The van der Waals surface area contributed by atoms with Crippen molar-refractivity contribution in [3.8, 4) is 0 Å². The zero-order valence-electron chi connectivity index (χ0n) is 11.7. The van der Waals surface area contributed by atoms with E-state index in [1.807, 2.05) is 20.2 Å². The van der Waals surface area contributed by atoms with Crippen LogP contribution in [-0.2, 0) is 20.1 Å². The molecule has 0 atom stereocenters. The van der Waals surface area contributed by atoms with Crippen molar-refractivity contribution < 1.29 is 19.1 Å². The van der Waals surface area contributed by atoms with Gasteiger partial charge in [0.05, 0.1) is 12.2 Å². The van der Waals surface area contributed by atoms with E-state index in [2.05, 4.69) is 15.7 Å². The van der Waals surface area contributed by atoms with Gasteiger partial charge in [-0.25, -0.2) is 9.59 Å². The number of hydrogen-bond donors (Lipinski definition) is 3. The fourth-order valence-corrected chi connectivity index (χ4v) is 1.82. The standard InChI is InChI=1S/C13H16N4O4/c1-8-9(7-17(2)16-8)5-14-13(20)15-6-10-3-4-11(21-10)12(18)19/h3-4,7H,5-6H2,1-2H3,(H,18,19)(H2,14,15,20). The van der Waals surface area contributed by atoms with Crippen LogP contribution >= 0.6 is 0 Å². The number of hydrogen-bond acceptors (Lipinski definition) is 4. The molecule has 0 saturated carbocycles. The fraction of sp³-hybridized carbons (Fsp3) is 0.308. The summed E-state index contributed by atoms with van der Waals surface area (Å²) in [6.45, 7) is 2.35. The number of aryl methyl sites for hydroxylation is 2. The summed E-state index contributed by atoms with van der Waals surface area (Å²) in [7, 11) is 1.81. The van der Waals surface area contributed by atoms with E-state index in [0.717, 1.165) is 11.3 Å². The average molecular weight is 292 g/mol. The molecule has 8 heteroatoms. The Labute approximate surface area is 120 Å². The van der Waals surface area contributed by atoms with Gasteiger partial charge in [0.1, 0.15) is 5.76 Å². The molecule has 0 aliphatic carbocycles. The van der Waals surface area contributed by atoms with Crippen molar-refractivity contribution in [2.24, 2.45) is 7.05 Å². The second-order valence-electron chi connectivity index (χ2n) is 4.52. The van der Waals surface area contributed by atoms with Gasteiger partial charge in [0.25, 0.3) is 0 Å². The van der Waals surface area contributed by atoms with E-state index in [1.165, 1.54) is 12.1 Å². The van der Waals surface area contributed by atoms with Gasteiger partial charge < -0.3 is 20.2 Å². The van der Waals surface area contributed by atoms with Gasteiger partial charge in [0.15, 0.2) is 0 Å². The quantitative estimate of drug-likeness (QED) is 0.762. The average Bonchev–Trinajstić information content (AvgIpc) is 3.01. The SMILES string of the molecule is Cc1nn(C)cc1CNC(=O)NCc1ccc(C(=O)O)o1. The van der Waals surface area contributed by atoms with Crippen LogP contribution in [0.15, 0.2) is 22.7 Å². The van der Waals surface area contributed by atoms with Crippen molar-refractivity contribution in [1.29, 1.82) is 0 Å². The van der Waals surface area contributed by atoms with Gasteiger partial charge in [-0.2, -0.15) is 5.10 Å². The Morgan fingerprint density at radius 1 is 1.33 bits per heavy atom. The molecular weight excluding hydrogens is 276 g/mol. The first-order chi connectivity index (χ1) is 9.95. The van der Waals surface area contributed by atoms with E-state index in [4.69, 9.17) is 9.52 Å². The first-order valence-electron chi connectivity index (χ1n) is 6.28. The molecule has 2 heterocycles. The Morgan fingerprint density at radius 3 is 2.62 bits per heavy atom. The van der Waals surface area contributed by atoms with Crippen LogP contribution < -0.4 is 10.6 Å². The van der Waals surface area contributed by atoms with Crippen LogP contribution in [-0.4, -0.2) is 26.9 Å². The van der Waals surface area contributed by atoms with Gasteiger partial charge in [0.2, 0.25) is 5.76 Å². The monoisotopic (exact) mass is 292 g/mol. The predicted molar refractivity (Wildman–Crippen MR) is 72.7 cm³/mol. The highest BCUT2D eigenvalue weighted by Crippen LogP contribution is 2.07. The number of urea groups is 1. The van der Waals surface area contributed by atoms with E-state index < -0.39 is 5.97 Å². The Balaban J connectivity index is 1.79. The van der Waals surface area contributed by atoms with Gasteiger partial charge in [-0.05, 0) is 19.1 Å². The molecule has 2 rings (SSSR count). The molecule has 0 fully saturated rings. The zero-order chi connectivity index (χ0) is 15.4.